The first-order chi connectivity index (χ1) is 12.7. The highest BCUT2D eigenvalue weighted by Crippen LogP contribution is 2.34. The highest BCUT2D eigenvalue weighted by atomic mass is 35.5. The number of hydrogen-bond donors (Lipinski definition) is 3. The van der Waals surface area contributed by atoms with Crippen LogP contribution in [0.2, 0.25) is 10.0 Å². The number of nitrogen functional groups attached to an aromatic ring is 1. The summed E-state index contributed by atoms with van der Waals surface area (Å²) in [6.07, 6.45) is -0.680. The Hall–Kier alpha value is -1.71. The van der Waals surface area contributed by atoms with E-state index in [1.807, 2.05) is 13.8 Å². The minimum atomic E-state index is -0.680. The van der Waals surface area contributed by atoms with Gasteiger partial charge in [0.2, 0.25) is 5.95 Å². The number of anilines is 2. The Labute approximate surface area is 168 Å². The number of aromatic nitrogens is 3. The molecule has 8 nitrogen and oxygen atoms in total. The molecule has 0 fully saturated rings. The average Bonchev–Trinajstić information content (AvgIpc) is 2.58. The molecule has 1 aromatic carbocycles. The molecular weight excluding hydrogens is 393 g/mol. The molecule has 2 aromatic rings. The summed E-state index contributed by atoms with van der Waals surface area (Å²) in [7, 11) is 1.52. The van der Waals surface area contributed by atoms with Crippen molar-refractivity contribution in [2.45, 2.75) is 25.5 Å². The molecule has 0 bridgehead atoms. The van der Waals surface area contributed by atoms with Gasteiger partial charge in [-0.3, -0.25) is 0 Å². The minimum absolute atomic E-state index is 0.159. The third kappa shape index (κ3) is 6.15. The fraction of sp³-hybridized carbons (Fsp3) is 0.471. The zero-order valence-electron chi connectivity index (χ0n) is 15.4. The first kappa shape index (κ1) is 21.6. The first-order valence-electron chi connectivity index (χ1n) is 8.21. The Morgan fingerprint density at radius 3 is 2.67 bits per heavy atom. The van der Waals surface area contributed by atoms with Crippen molar-refractivity contribution in [2.24, 2.45) is 0 Å². The zero-order valence-corrected chi connectivity index (χ0v) is 16.9. The fourth-order valence-corrected chi connectivity index (χ4v) is 2.69. The van der Waals surface area contributed by atoms with Gasteiger partial charge in [0.15, 0.2) is 5.82 Å². The highest BCUT2D eigenvalue weighted by molar-refractivity contribution is 6.43. The number of methoxy groups -OCH3 is 1. The maximum atomic E-state index is 9.61. The van der Waals surface area contributed by atoms with Crippen LogP contribution in [0, 0.1) is 0 Å². The van der Waals surface area contributed by atoms with Crippen LogP contribution in [0.4, 0.5) is 11.8 Å². The molecule has 0 amide bonds. The van der Waals surface area contributed by atoms with Crippen molar-refractivity contribution in [3.05, 3.63) is 28.2 Å². The summed E-state index contributed by atoms with van der Waals surface area (Å²) in [5.41, 5.74) is 6.42. The van der Waals surface area contributed by atoms with Gasteiger partial charge in [0.25, 0.3) is 0 Å². The number of rotatable bonds is 9. The molecule has 0 saturated heterocycles. The summed E-state index contributed by atoms with van der Waals surface area (Å²) in [5.74, 6) is 0.421. The second kappa shape index (κ2) is 9.48. The van der Waals surface area contributed by atoms with Crippen LogP contribution < -0.4 is 11.1 Å². The predicted octanol–water partition coefficient (Wildman–Crippen LogP) is 2.64. The van der Waals surface area contributed by atoms with Gasteiger partial charge in [0, 0.05) is 12.7 Å². The van der Waals surface area contributed by atoms with Gasteiger partial charge < -0.3 is 25.6 Å². The van der Waals surface area contributed by atoms with E-state index in [9.17, 15) is 5.11 Å². The standard InChI is InChI=1S/C17H23Cl2N5O3/c1-17(2,9-27-8-10(25)7-26-3)22-16-21-15(20)14(23-24-16)11-5-4-6-12(18)13(11)19/h4-6,10,25H,7-9H2,1-3H3,(H3,20,21,22,24). The predicted molar refractivity (Wildman–Crippen MR) is 106 cm³/mol. The van der Waals surface area contributed by atoms with E-state index in [0.717, 1.165) is 0 Å². The summed E-state index contributed by atoms with van der Waals surface area (Å²) in [5, 5.41) is 21.6. The molecule has 0 saturated carbocycles. The average molecular weight is 416 g/mol. The Kier molecular flexibility index (Phi) is 7.58. The Balaban J connectivity index is 2.05. The number of halogens is 2. The first-order valence-corrected chi connectivity index (χ1v) is 8.96. The number of nitrogens with one attached hydrogen (secondary N) is 1. The van der Waals surface area contributed by atoms with Gasteiger partial charge in [-0.2, -0.15) is 4.98 Å². The van der Waals surface area contributed by atoms with Crippen LogP contribution >= 0.6 is 23.2 Å². The molecule has 4 N–H and O–H groups in total. The summed E-state index contributed by atoms with van der Waals surface area (Å²) >= 11 is 12.2. The number of nitrogens with zero attached hydrogens (tertiary/aromatic N) is 3. The lowest BCUT2D eigenvalue weighted by molar-refractivity contribution is -0.0138. The largest absolute Gasteiger partial charge is 0.388 e. The molecule has 1 heterocycles. The van der Waals surface area contributed by atoms with Gasteiger partial charge in [-0.1, -0.05) is 35.3 Å². The number of benzene rings is 1. The SMILES string of the molecule is COCC(O)COCC(C)(C)Nc1nnc(-c2cccc(Cl)c2Cl)c(N)n1. The molecule has 1 atom stereocenters. The minimum Gasteiger partial charge on any atom is -0.388 e. The van der Waals surface area contributed by atoms with Gasteiger partial charge >= 0.3 is 0 Å². The van der Waals surface area contributed by atoms with Crippen molar-refractivity contribution in [3.8, 4) is 11.3 Å². The van der Waals surface area contributed by atoms with Crippen molar-refractivity contribution in [2.75, 3.05) is 38.0 Å². The normalized spacial score (nSPS) is 12.8. The summed E-state index contributed by atoms with van der Waals surface area (Å²) < 4.78 is 10.4. The number of aliphatic hydroxyl groups excluding tert-OH is 1. The van der Waals surface area contributed by atoms with Crippen LogP contribution in [0.15, 0.2) is 18.2 Å². The molecule has 1 unspecified atom stereocenters. The topological polar surface area (TPSA) is 115 Å². The zero-order chi connectivity index (χ0) is 20.0. The highest BCUT2D eigenvalue weighted by Gasteiger charge is 2.21. The molecule has 2 rings (SSSR count). The van der Waals surface area contributed by atoms with Crippen molar-refractivity contribution >= 4 is 35.0 Å². The van der Waals surface area contributed by atoms with Crippen molar-refractivity contribution in [1.29, 1.82) is 0 Å². The van der Waals surface area contributed by atoms with Crippen LogP contribution in [0.25, 0.3) is 11.3 Å². The molecule has 27 heavy (non-hydrogen) atoms. The third-order valence-electron chi connectivity index (χ3n) is 3.50. The molecular formula is C17H23Cl2N5O3. The smallest absolute Gasteiger partial charge is 0.245 e. The van der Waals surface area contributed by atoms with E-state index in [0.29, 0.717) is 27.9 Å². The van der Waals surface area contributed by atoms with E-state index in [-0.39, 0.29) is 25.0 Å². The van der Waals surface area contributed by atoms with E-state index in [2.05, 4.69) is 20.5 Å². The van der Waals surface area contributed by atoms with Crippen molar-refractivity contribution in [1.82, 2.24) is 15.2 Å². The van der Waals surface area contributed by atoms with E-state index in [1.54, 1.807) is 18.2 Å². The van der Waals surface area contributed by atoms with Crippen LogP contribution in [-0.2, 0) is 9.47 Å². The van der Waals surface area contributed by atoms with Crippen LogP contribution in [0.3, 0.4) is 0 Å². The van der Waals surface area contributed by atoms with Gasteiger partial charge in [-0.25, -0.2) is 0 Å². The Bertz CT molecular complexity index is 776. The quantitative estimate of drug-likeness (QED) is 0.572. The summed E-state index contributed by atoms with van der Waals surface area (Å²) in [6.45, 7) is 4.48. The maximum Gasteiger partial charge on any atom is 0.245 e. The lowest BCUT2D eigenvalue weighted by atomic mass is 10.1. The van der Waals surface area contributed by atoms with E-state index in [1.165, 1.54) is 7.11 Å². The second-order valence-electron chi connectivity index (χ2n) is 6.60. The van der Waals surface area contributed by atoms with E-state index in [4.69, 9.17) is 38.4 Å². The van der Waals surface area contributed by atoms with Gasteiger partial charge in [0.05, 0.1) is 35.4 Å². The Morgan fingerprint density at radius 1 is 1.26 bits per heavy atom. The van der Waals surface area contributed by atoms with Gasteiger partial charge in [-0.05, 0) is 19.9 Å². The fourth-order valence-electron chi connectivity index (χ4n) is 2.30. The number of aliphatic hydroxyl groups is 1. The molecule has 10 heteroatoms. The molecule has 0 aliphatic carbocycles. The summed E-state index contributed by atoms with van der Waals surface area (Å²) in [6, 6.07) is 5.16. The molecule has 0 aliphatic rings. The second-order valence-corrected chi connectivity index (χ2v) is 7.39. The lowest BCUT2D eigenvalue weighted by Crippen LogP contribution is -2.38. The molecule has 0 radical (unpaired) electrons. The molecule has 148 valence electrons. The molecule has 0 spiro atoms. The molecule has 0 aliphatic heterocycles. The number of ether oxygens (including phenoxy) is 2. The molecule has 1 aromatic heterocycles. The van der Waals surface area contributed by atoms with E-state index < -0.39 is 11.6 Å². The third-order valence-corrected chi connectivity index (χ3v) is 4.32. The monoisotopic (exact) mass is 415 g/mol. The van der Waals surface area contributed by atoms with Gasteiger partial charge in [0.1, 0.15) is 11.8 Å². The Morgan fingerprint density at radius 2 is 2.00 bits per heavy atom. The van der Waals surface area contributed by atoms with E-state index >= 15 is 0 Å². The van der Waals surface area contributed by atoms with Crippen molar-refractivity contribution in [3.63, 3.8) is 0 Å². The van der Waals surface area contributed by atoms with Crippen LogP contribution in [0.5, 0.6) is 0 Å². The maximum absolute atomic E-state index is 9.61. The van der Waals surface area contributed by atoms with Crippen molar-refractivity contribution < 1.29 is 14.6 Å². The number of hydrogen-bond acceptors (Lipinski definition) is 8. The number of nitrogens with two attached hydrogens (primary N) is 1. The van der Waals surface area contributed by atoms with Crippen LogP contribution in [-0.4, -0.2) is 58.9 Å². The summed E-state index contributed by atoms with van der Waals surface area (Å²) in [4.78, 5) is 4.24. The van der Waals surface area contributed by atoms with Crippen LogP contribution in [0.1, 0.15) is 13.8 Å². The van der Waals surface area contributed by atoms with Gasteiger partial charge in [-0.15, -0.1) is 10.2 Å². The lowest BCUT2D eigenvalue weighted by Gasteiger charge is -2.26.